The van der Waals surface area contributed by atoms with Crippen molar-refractivity contribution in [3.05, 3.63) is 95.0 Å². The molecule has 1 saturated carbocycles. The van der Waals surface area contributed by atoms with E-state index in [9.17, 15) is 9.59 Å². The number of ketones is 1. The van der Waals surface area contributed by atoms with Crippen molar-refractivity contribution < 1.29 is 14.3 Å². The van der Waals surface area contributed by atoms with Crippen LogP contribution in [0.3, 0.4) is 0 Å². The van der Waals surface area contributed by atoms with E-state index in [2.05, 4.69) is 0 Å². The molecule has 0 N–H and O–H groups in total. The van der Waals surface area contributed by atoms with Crippen LogP contribution in [0, 0.1) is 5.41 Å². The van der Waals surface area contributed by atoms with Crippen molar-refractivity contribution in [3.63, 3.8) is 0 Å². The summed E-state index contributed by atoms with van der Waals surface area (Å²) in [6.45, 7) is 1.90. The van der Waals surface area contributed by atoms with E-state index >= 15 is 0 Å². The van der Waals surface area contributed by atoms with E-state index in [4.69, 9.17) is 21.4 Å². The molecule has 5 rings (SSSR count). The predicted molar refractivity (Wildman–Crippen MR) is 134 cm³/mol. The quantitative estimate of drug-likeness (QED) is 0.468. The van der Waals surface area contributed by atoms with Crippen LogP contribution in [-0.2, 0) is 9.59 Å². The number of benzene rings is 3. The number of carbonyl (C=O) groups is 2. The number of hydrogen-bond acceptors (Lipinski definition) is 4. The molecule has 0 unspecified atom stereocenters. The van der Waals surface area contributed by atoms with E-state index in [-0.39, 0.29) is 30.4 Å². The zero-order valence-corrected chi connectivity index (χ0v) is 19.8. The van der Waals surface area contributed by atoms with Crippen LogP contribution in [0.15, 0.2) is 84.0 Å². The van der Waals surface area contributed by atoms with Gasteiger partial charge in [0.25, 0.3) is 5.91 Å². The summed E-state index contributed by atoms with van der Waals surface area (Å²) in [5.41, 5.74) is 2.06. The van der Waals surface area contributed by atoms with Gasteiger partial charge in [0.2, 0.25) is 0 Å². The number of halogens is 1. The molecule has 6 heteroatoms. The SMILES string of the molecule is COc1ccc([C@@H]2CC(=O)C[C@@H](c3ccccc3Cl)[C@]23C(=O)N(c2ccccc2)N=C3C)cc1. The molecule has 172 valence electrons. The van der Waals surface area contributed by atoms with Crippen LogP contribution >= 0.6 is 11.6 Å². The Labute approximate surface area is 204 Å². The number of hydrazone groups is 1. The van der Waals surface area contributed by atoms with Crippen LogP contribution in [0.4, 0.5) is 5.69 Å². The van der Waals surface area contributed by atoms with Gasteiger partial charge in [0.05, 0.1) is 18.5 Å². The summed E-state index contributed by atoms with van der Waals surface area (Å²) in [7, 11) is 1.61. The van der Waals surface area contributed by atoms with E-state index in [1.165, 1.54) is 5.01 Å². The molecular weight excluding hydrogens is 448 g/mol. The maximum Gasteiger partial charge on any atom is 0.260 e. The molecule has 1 spiro atoms. The first-order valence-corrected chi connectivity index (χ1v) is 11.7. The Bertz CT molecular complexity index is 1270. The Morgan fingerprint density at radius 2 is 1.56 bits per heavy atom. The molecule has 1 amide bonds. The molecule has 1 fully saturated rings. The van der Waals surface area contributed by atoms with Gasteiger partial charge >= 0.3 is 0 Å². The molecule has 34 heavy (non-hydrogen) atoms. The molecule has 3 aromatic carbocycles. The Hall–Kier alpha value is -3.44. The lowest BCUT2D eigenvalue weighted by Crippen LogP contribution is -2.52. The fourth-order valence-electron chi connectivity index (χ4n) is 5.59. The van der Waals surface area contributed by atoms with Crippen LogP contribution in [0.5, 0.6) is 5.75 Å². The molecule has 0 radical (unpaired) electrons. The highest BCUT2D eigenvalue weighted by Crippen LogP contribution is 2.59. The zero-order chi connectivity index (χ0) is 23.9. The molecule has 2 aliphatic rings. The minimum absolute atomic E-state index is 0.107. The fourth-order valence-corrected chi connectivity index (χ4v) is 5.86. The standard InChI is InChI=1S/C28H25ClN2O3/c1-18-28(27(33)31(30-18)20-8-4-3-5-9-20)24(19-12-14-22(34-2)15-13-19)16-21(32)17-25(28)23-10-6-7-11-26(23)29/h3-15,24-25H,16-17H2,1-2H3/t24-,25-,28+/m0/s1. The lowest BCUT2D eigenvalue weighted by atomic mass is 9.54. The summed E-state index contributed by atoms with van der Waals surface area (Å²) in [4.78, 5) is 27.6. The fraction of sp³-hybridized carbons (Fsp3) is 0.250. The summed E-state index contributed by atoms with van der Waals surface area (Å²) in [5, 5.41) is 6.82. The van der Waals surface area contributed by atoms with Gasteiger partial charge in [-0.3, -0.25) is 9.59 Å². The van der Waals surface area contributed by atoms with Crippen molar-refractivity contribution in [3.8, 4) is 5.75 Å². The first-order valence-electron chi connectivity index (χ1n) is 11.3. The highest BCUT2D eigenvalue weighted by molar-refractivity contribution is 6.31. The van der Waals surface area contributed by atoms with Crippen LogP contribution in [0.1, 0.15) is 42.7 Å². The predicted octanol–water partition coefficient (Wildman–Crippen LogP) is 5.99. The third-order valence-electron chi connectivity index (χ3n) is 7.16. The largest absolute Gasteiger partial charge is 0.497 e. The smallest absolute Gasteiger partial charge is 0.260 e. The molecule has 1 aliphatic heterocycles. The normalized spacial score (nSPS) is 24.4. The van der Waals surface area contributed by atoms with Gasteiger partial charge in [-0.25, -0.2) is 0 Å². The minimum Gasteiger partial charge on any atom is -0.497 e. The number of para-hydroxylation sites is 1. The number of nitrogens with zero attached hydrogens (tertiary/aromatic N) is 2. The first-order chi connectivity index (χ1) is 16.5. The van der Waals surface area contributed by atoms with Crippen molar-refractivity contribution in [1.82, 2.24) is 0 Å². The lowest BCUT2D eigenvalue weighted by Gasteiger charge is -2.46. The molecule has 1 aliphatic carbocycles. The van der Waals surface area contributed by atoms with Crippen LogP contribution in [-0.4, -0.2) is 24.5 Å². The number of ether oxygens (including phenoxy) is 1. The minimum atomic E-state index is -1.04. The van der Waals surface area contributed by atoms with E-state index in [1.807, 2.05) is 85.8 Å². The van der Waals surface area contributed by atoms with Crippen molar-refractivity contribution in [2.75, 3.05) is 12.1 Å². The molecule has 0 saturated heterocycles. The topological polar surface area (TPSA) is 59.0 Å². The molecular formula is C28H25ClN2O3. The van der Waals surface area contributed by atoms with Crippen molar-refractivity contribution in [2.24, 2.45) is 10.5 Å². The monoisotopic (exact) mass is 472 g/mol. The van der Waals surface area contributed by atoms with Gasteiger partial charge in [0.15, 0.2) is 0 Å². The van der Waals surface area contributed by atoms with Gasteiger partial charge in [-0.15, -0.1) is 0 Å². The third-order valence-corrected chi connectivity index (χ3v) is 7.50. The van der Waals surface area contributed by atoms with Gasteiger partial charge in [0, 0.05) is 29.7 Å². The summed E-state index contributed by atoms with van der Waals surface area (Å²) >= 11 is 6.66. The molecule has 3 atom stereocenters. The molecule has 0 bridgehead atoms. The number of amides is 1. The Balaban J connectivity index is 1.73. The molecule has 1 heterocycles. The van der Waals surface area contributed by atoms with Crippen molar-refractivity contribution in [2.45, 2.75) is 31.6 Å². The number of methoxy groups -OCH3 is 1. The highest BCUT2D eigenvalue weighted by Gasteiger charge is 2.62. The Morgan fingerprint density at radius 3 is 2.24 bits per heavy atom. The number of hydrogen-bond donors (Lipinski definition) is 0. The maximum absolute atomic E-state index is 14.4. The maximum atomic E-state index is 14.4. The first kappa shape index (κ1) is 22.4. The molecule has 3 aromatic rings. The number of carbonyl (C=O) groups excluding carboxylic acids is 2. The van der Waals surface area contributed by atoms with Crippen molar-refractivity contribution in [1.29, 1.82) is 0 Å². The van der Waals surface area contributed by atoms with Crippen LogP contribution in [0.2, 0.25) is 5.02 Å². The van der Waals surface area contributed by atoms with Gasteiger partial charge < -0.3 is 4.74 Å². The van der Waals surface area contributed by atoms with Crippen LogP contribution < -0.4 is 9.75 Å². The number of anilines is 1. The Morgan fingerprint density at radius 1 is 0.912 bits per heavy atom. The highest BCUT2D eigenvalue weighted by atomic mass is 35.5. The summed E-state index contributed by atoms with van der Waals surface area (Å²) in [6.07, 6.45) is 0.492. The lowest BCUT2D eigenvalue weighted by molar-refractivity contribution is -0.131. The van der Waals surface area contributed by atoms with E-state index < -0.39 is 11.3 Å². The van der Waals surface area contributed by atoms with E-state index in [0.29, 0.717) is 16.4 Å². The molecule has 5 nitrogen and oxygen atoms in total. The second-order valence-electron chi connectivity index (χ2n) is 8.85. The molecule has 0 aromatic heterocycles. The number of Topliss-reactive ketones (excluding diaryl/α,β-unsaturated/α-hetero) is 1. The average Bonchev–Trinajstić information content (AvgIpc) is 3.12. The number of rotatable bonds is 4. The second-order valence-corrected chi connectivity index (χ2v) is 9.26. The average molecular weight is 473 g/mol. The zero-order valence-electron chi connectivity index (χ0n) is 19.1. The second kappa shape index (κ2) is 8.73. The van der Waals surface area contributed by atoms with Gasteiger partial charge in [-0.05, 0) is 48.4 Å². The van der Waals surface area contributed by atoms with Gasteiger partial charge in [-0.1, -0.05) is 60.1 Å². The van der Waals surface area contributed by atoms with Crippen molar-refractivity contribution >= 4 is 34.7 Å². The van der Waals surface area contributed by atoms with Gasteiger partial charge in [0.1, 0.15) is 16.9 Å². The van der Waals surface area contributed by atoms with E-state index in [0.717, 1.165) is 16.9 Å². The third kappa shape index (κ3) is 3.43. The van der Waals surface area contributed by atoms with Crippen LogP contribution in [0.25, 0.3) is 0 Å². The van der Waals surface area contributed by atoms with E-state index in [1.54, 1.807) is 7.11 Å². The summed E-state index contributed by atoms with van der Waals surface area (Å²) in [6, 6.07) is 24.5. The summed E-state index contributed by atoms with van der Waals surface area (Å²) in [5.74, 6) is -0.119. The summed E-state index contributed by atoms with van der Waals surface area (Å²) < 4.78 is 5.33. The Kier molecular flexibility index (Phi) is 5.74. The van der Waals surface area contributed by atoms with Gasteiger partial charge in [-0.2, -0.15) is 10.1 Å².